The Bertz CT molecular complexity index is 273. The zero-order chi connectivity index (χ0) is 13.8. The smallest absolute Gasteiger partial charge is 0.237 e. The van der Waals surface area contributed by atoms with E-state index in [1.807, 2.05) is 27.7 Å². The lowest BCUT2D eigenvalue weighted by atomic mass is 10.0. The molecule has 0 radical (unpaired) electrons. The first-order valence-corrected chi connectivity index (χ1v) is 7.05. The van der Waals surface area contributed by atoms with E-state index in [4.69, 9.17) is 0 Å². The van der Waals surface area contributed by atoms with E-state index >= 15 is 0 Å². The highest BCUT2D eigenvalue weighted by Crippen LogP contribution is 2.14. The van der Waals surface area contributed by atoms with Crippen LogP contribution in [0.15, 0.2) is 0 Å². The Hall–Kier alpha value is -0.610. The van der Waals surface area contributed by atoms with E-state index in [1.54, 1.807) is 0 Å². The molecule has 2 N–H and O–H groups in total. The van der Waals surface area contributed by atoms with Crippen molar-refractivity contribution in [2.45, 2.75) is 64.6 Å². The number of carbonyl (C=O) groups is 1. The maximum atomic E-state index is 11.9. The molecule has 4 heteroatoms. The van der Waals surface area contributed by atoms with Crippen molar-refractivity contribution in [2.75, 3.05) is 20.1 Å². The van der Waals surface area contributed by atoms with Crippen LogP contribution in [0.4, 0.5) is 0 Å². The molecule has 1 aliphatic rings. The minimum atomic E-state index is -0.158. The number of carbonyl (C=O) groups excluding carboxylic acids is 1. The summed E-state index contributed by atoms with van der Waals surface area (Å²) in [5.41, 5.74) is -0.158. The summed E-state index contributed by atoms with van der Waals surface area (Å²) in [6.07, 6.45) is 3.84. The molecule has 0 bridgehead atoms. The first kappa shape index (κ1) is 15.4. The second kappa shape index (κ2) is 6.53. The second-order valence-electron chi connectivity index (χ2n) is 6.50. The van der Waals surface area contributed by atoms with Gasteiger partial charge in [0, 0.05) is 18.1 Å². The Balaban J connectivity index is 2.31. The normalized spacial score (nSPS) is 23.7. The van der Waals surface area contributed by atoms with Gasteiger partial charge in [-0.05, 0) is 54.1 Å². The molecular weight excluding hydrogens is 226 g/mol. The maximum absolute atomic E-state index is 11.9. The number of nitrogens with zero attached hydrogens (tertiary/aromatic N) is 1. The van der Waals surface area contributed by atoms with E-state index in [9.17, 15) is 4.79 Å². The average Bonchev–Trinajstić information content (AvgIpc) is 2.25. The van der Waals surface area contributed by atoms with E-state index in [0.717, 1.165) is 6.54 Å². The fourth-order valence-corrected chi connectivity index (χ4v) is 2.29. The molecule has 1 rings (SSSR count). The summed E-state index contributed by atoms with van der Waals surface area (Å²) in [5, 5.41) is 6.35. The molecule has 1 fully saturated rings. The van der Waals surface area contributed by atoms with Crippen LogP contribution < -0.4 is 10.6 Å². The van der Waals surface area contributed by atoms with Crippen molar-refractivity contribution in [3.8, 4) is 0 Å². The topological polar surface area (TPSA) is 44.4 Å². The van der Waals surface area contributed by atoms with Gasteiger partial charge in [0.1, 0.15) is 0 Å². The standard InChI is InChI=1S/C14H29N3O/c1-11(13(18)16-14(2,3)4)15-10-12-8-6-7-9-17(12)5/h11-12,15H,6-10H2,1-5H3,(H,16,18). The molecule has 1 aliphatic heterocycles. The van der Waals surface area contributed by atoms with Gasteiger partial charge in [0.15, 0.2) is 0 Å². The lowest BCUT2D eigenvalue weighted by Crippen LogP contribution is -2.52. The van der Waals surface area contributed by atoms with Crippen LogP contribution in [0.3, 0.4) is 0 Å². The first-order valence-electron chi connectivity index (χ1n) is 7.05. The molecule has 4 nitrogen and oxygen atoms in total. The molecule has 2 atom stereocenters. The van der Waals surface area contributed by atoms with E-state index in [-0.39, 0.29) is 17.5 Å². The predicted octanol–water partition coefficient (Wildman–Crippen LogP) is 1.36. The third kappa shape index (κ3) is 5.36. The molecule has 0 spiro atoms. The number of nitrogens with one attached hydrogen (secondary N) is 2. The van der Waals surface area contributed by atoms with Crippen molar-refractivity contribution in [1.82, 2.24) is 15.5 Å². The van der Waals surface area contributed by atoms with Crippen LogP contribution >= 0.6 is 0 Å². The second-order valence-corrected chi connectivity index (χ2v) is 6.50. The van der Waals surface area contributed by atoms with Gasteiger partial charge in [-0.2, -0.15) is 0 Å². The minimum absolute atomic E-state index is 0.0842. The van der Waals surface area contributed by atoms with Crippen LogP contribution in [-0.2, 0) is 4.79 Å². The van der Waals surface area contributed by atoms with E-state index < -0.39 is 0 Å². The maximum Gasteiger partial charge on any atom is 0.237 e. The van der Waals surface area contributed by atoms with Crippen LogP contribution in [0.25, 0.3) is 0 Å². The molecule has 1 heterocycles. The van der Waals surface area contributed by atoms with Crippen LogP contribution in [-0.4, -0.2) is 48.6 Å². The van der Waals surface area contributed by atoms with E-state index in [2.05, 4.69) is 22.6 Å². The Morgan fingerprint density at radius 3 is 2.61 bits per heavy atom. The SMILES string of the molecule is CC(NCC1CCCCN1C)C(=O)NC(C)(C)C. The zero-order valence-corrected chi connectivity index (χ0v) is 12.5. The van der Waals surface area contributed by atoms with Crippen molar-refractivity contribution < 1.29 is 4.79 Å². The molecule has 106 valence electrons. The van der Waals surface area contributed by atoms with Gasteiger partial charge in [-0.1, -0.05) is 6.42 Å². The fourth-order valence-electron chi connectivity index (χ4n) is 2.29. The van der Waals surface area contributed by atoms with Crippen molar-refractivity contribution in [3.05, 3.63) is 0 Å². The van der Waals surface area contributed by atoms with Gasteiger partial charge < -0.3 is 15.5 Å². The van der Waals surface area contributed by atoms with Crippen LogP contribution in [0.1, 0.15) is 47.0 Å². The van der Waals surface area contributed by atoms with Gasteiger partial charge in [-0.25, -0.2) is 0 Å². The zero-order valence-electron chi connectivity index (χ0n) is 12.5. The highest BCUT2D eigenvalue weighted by atomic mass is 16.2. The molecule has 18 heavy (non-hydrogen) atoms. The quantitative estimate of drug-likeness (QED) is 0.797. The molecule has 0 saturated carbocycles. The Morgan fingerprint density at radius 2 is 2.06 bits per heavy atom. The summed E-state index contributed by atoms with van der Waals surface area (Å²) in [7, 11) is 2.17. The molecular formula is C14H29N3O. The molecule has 0 aromatic carbocycles. The molecule has 1 amide bonds. The molecule has 0 aliphatic carbocycles. The van der Waals surface area contributed by atoms with Gasteiger partial charge in [-0.15, -0.1) is 0 Å². The number of likely N-dealkylation sites (tertiary alicyclic amines) is 1. The largest absolute Gasteiger partial charge is 0.350 e. The van der Waals surface area contributed by atoms with Crippen molar-refractivity contribution >= 4 is 5.91 Å². The monoisotopic (exact) mass is 255 g/mol. The highest BCUT2D eigenvalue weighted by Gasteiger charge is 2.22. The van der Waals surface area contributed by atoms with Gasteiger partial charge in [-0.3, -0.25) is 4.79 Å². The first-order chi connectivity index (χ1) is 8.29. The average molecular weight is 255 g/mol. The molecule has 0 aromatic rings. The molecule has 1 saturated heterocycles. The predicted molar refractivity (Wildman–Crippen MR) is 75.6 cm³/mol. The van der Waals surface area contributed by atoms with Crippen LogP contribution in [0.2, 0.25) is 0 Å². The summed E-state index contributed by atoms with van der Waals surface area (Å²) in [5.74, 6) is 0.0842. The summed E-state index contributed by atoms with van der Waals surface area (Å²) in [4.78, 5) is 14.3. The van der Waals surface area contributed by atoms with Gasteiger partial charge in [0.2, 0.25) is 5.91 Å². The summed E-state index contributed by atoms with van der Waals surface area (Å²) >= 11 is 0. The highest BCUT2D eigenvalue weighted by molar-refractivity contribution is 5.81. The number of rotatable bonds is 4. The third-order valence-electron chi connectivity index (χ3n) is 3.47. The summed E-state index contributed by atoms with van der Waals surface area (Å²) < 4.78 is 0. The molecule has 0 aromatic heterocycles. The van der Waals surface area contributed by atoms with Crippen molar-refractivity contribution in [2.24, 2.45) is 0 Å². The Morgan fingerprint density at radius 1 is 1.39 bits per heavy atom. The number of likely N-dealkylation sites (N-methyl/N-ethyl adjacent to an activating group) is 1. The van der Waals surface area contributed by atoms with E-state index in [1.165, 1.54) is 25.8 Å². The van der Waals surface area contributed by atoms with Crippen LogP contribution in [0.5, 0.6) is 0 Å². The van der Waals surface area contributed by atoms with Gasteiger partial charge in [0.25, 0.3) is 0 Å². The molecule has 2 unspecified atom stereocenters. The number of piperidine rings is 1. The number of amides is 1. The lowest BCUT2D eigenvalue weighted by molar-refractivity contribution is -0.124. The summed E-state index contributed by atoms with van der Waals surface area (Å²) in [6, 6.07) is 0.447. The Kier molecular flexibility index (Phi) is 5.60. The van der Waals surface area contributed by atoms with Gasteiger partial charge >= 0.3 is 0 Å². The third-order valence-corrected chi connectivity index (χ3v) is 3.47. The van der Waals surface area contributed by atoms with Gasteiger partial charge in [0.05, 0.1) is 6.04 Å². The number of hydrogen-bond donors (Lipinski definition) is 2. The fraction of sp³-hybridized carbons (Fsp3) is 0.929. The van der Waals surface area contributed by atoms with Crippen molar-refractivity contribution in [3.63, 3.8) is 0 Å². The van der Waals surface area contributed by atoms with Crippen LogP contribution in [0, 0.1) is 0 Å². The van der Waals surface area contributed by atoms with Crippen molar-refractivity contribution in [1.29, 1.82) is 0 Å². The lowest BCUT2D eigenvalue weighted by Gasteiger charge is -2.33. The summed E-state index contributed by atoms with van der Waals surface area (Å²) in [6.45, 7) is 10.0. The number of hydrogen-bond acceptors (Lipinski definition) is 3. The van der Waals surface area contributed by atoms with E-state index in [0.29, 0.717) is 6.04 Å². The minimum Gasteiger partial charge on any atom is -0.350 e. The Labute approximate surface area is 111 Å².